The standard InChI is InChI=1S/C20H25Cl2N5O/c1-27(2)17-10-11-23-20(26-17)25-14-8-6-13(7-9-14)12-24-19(28)15-4-3-5-16(21)18(15)22/h3-5,10-11,13-14H,6-9,12H2,1-2H3,(H,24,28)(H,23,25,26). The molecule has 1 aliphatic carbocycles. The smallest absolute Gasteiger partial charge is 0.252 e. The molecule has 2 N–H and O–H groups in total. The molecule has 0 unspecified atom stereocenters. The van der Waals surface area contributed by atoms with Gasteiger partial charge in [0.2, 0.25) is 5.95 Å². The lowest BCUT2D eigenvalue weighted by Gasteiger charge is -2.29. The van der Waals surface area contributed by atoms with Crippen molar-refractivity contribution in [1.82, 2.24) is 15.3 Å². The normalized spacial score (nSPS) is 19.1. The zero-order valence-electron chi connectivity index (χ0n) is 16.1. The quantitative estimate of drug-likeness (QED) is 0.729. The number of amides is 1. The second-order valence-corrected chi connectivity index (χ2v) is 8.09. The molecule has 8 heteroatoms. The Kier molecular flexibility index (Phi) is 6.97. The summed E-state index contributed by atoms with van der Waals surface area (Å²) < 4.78 is 0. The highest BCUT2D eigenvalue weighted by Crippen LogP contribution is 2.27. The van der Waals surface area contributed by atoms with Gasteiger partial charge < -0.3 is 15.5 Å². The largest absolute Gasteiger partial charge is 0.363 e. The molecular formula is C20H25Cl2N5O. The number of hydrogen-bond acceptors (Lipinski definition) is 5. The number of rotatable bonds is 6. The minimum absolute atomic E-state index is 0.179. The lowest BCUT2D eigenvalue weighted by molar-refractivity contribution is 0.0943. The van der Waals surface area contributed by atoms with Crippen LogP contribution >= 0.6 is 23.2 Å². The highest BCUT2D eigenvalue weighted by molar-refractivity contribution is 6.43. The lowest BCUT2D eigenvalue weighted by atomic mass is 9.86. The maximum Gasteiger partial charge on any atom is 0.252 e. The molecule has 0 bridgehead atoms. The lowest BCUT2D eigenvalue weighted by Crippen LogP contribution is -2.34. The predicted octanol–water partition coefficient (Wildman–Crippen LogP) is 4.25. The maximum atomic E-state index is 12.4. The van der Waals surface area contributed by atoms with Crippen LogP contribution in [0.3, 0.4) is 0 Å². The Labute approximate surface area is 175 Å². The predicted molar refractivity (Wildman–Crippen MR) is 115 cm³/mol. The second-order valence-electron chi connectivity index (χ2n) is 7.31. The first kappa shape index (κ1) is 20.7. The molecule has 1 saturated carbocycles. The van der Waals surface area contributed by atoms with E-state index in [1.165, 1.54) is 0 Å². The number of aromatic nitrogens is 2. The number of nitrogens with zero attached hydrogens (tertiary/aromatic N) is 3. The van der Waals surface area contributed by atoms with Crippen LogP contribution in [0.25, 0.3) is 0 Å². The van der Waals surface area contributed by atoms with Gasteiger partial charge in [-0.25, -0.2) is 4.98 Å². The summed E-state index contributed by atoms with van der Waals surface area (Å²) in [5.41, 5.74) is 0.419. The highest BCUT2D eigenvalue weighted by Gasteiger charge is 2.23. The number of nitrogens with one attached hydrogen (secondary N) is 2. The number of benzene rings is 1. The van der Waals surface area contributed by atoms with Crippen LogP contribution in [0.15, 0.2) is 30.5 Å². The van der Waals surface area contributed by atoms with Crippen molar-refractivity contribution in [2.45, 2.75) is 31.7 Å². The van der Waals surface area contributed by atoms with Crippen LogP contribution in [0.1, 0.15) is 36.0 Å². The third-order valence-corrected chi connectivity index (χ3v) is 5.85. The van der Waals surface area contributed by atoms with Crippen molar-refractivity contribution in [3.63, 3.8) is 0 Å². The van der Waals surface area contributed by atoms with Crippen molar-refractivity contribution < 1.29 is 4.79 Å². The molecule has 0 spiro atoms. The van der Waals surface area contributed by atoms with E-state index in [0.29, 0.717) is 40.1 Å². The molecule has 1 aromatic heterocycles. The number of hydrogen-bond donors (Lipinski definition) is 2. The van der Waals surface area contributed by atoms with E-state index in [0.717, 1.165) is 31.5 Å². The molecule has 150 valence electrons. The zero-order chi connectivity index (χ0) is 20.1. The highest BCUT2D eigenvalue weighted by atomic mass is 35.5. The first-order valence-corrected chi connectivity index (χ1v) is 10.2. The summed E-state index contributed by atoms with van der Waals surface area (Å²) in [4.78, 5) is 23.2. The Morgan fingerprint density at radius 1 is 1.18 bits per heavy atom. The van der Waals surface area contributed by atoms with Crippen LogP contribution in [-0.2, 0) is 0 Å². The summed E-state index contributed by atoms with van der Waals surface area (Å²) in [5.74, 6) is 1.82. The molecule has 2 aromatic rings. The minimum atomic E-state index is -0.179. The fourth-order valence-corrected chi connectivity index (χ4v) is 3.76. The van der Waals surface area contributed by atoms with E-state index in [4.69, 9.17) is 23.2 Å². The van der Waals surface area contributed by atoms with Crippen molar-refractivity contribution in [2.24, 2.45) is 5.92 Å². The van der Waals surface area contributed by atoms with Gasteiger partial charge in [0.05, 0.1) is 15.6 Å². The van der Waals surface area contributed by atoms with Crippen LogP contribution in [0.5, 0.6) is 0 Å². The summed E-state index contributed by atoms with van der Waals surface area (Å²) in [7, 11) is 3.92. The van der Waals surface area contributed by atoms with E-state index in [1.54, 1.807) is 24.4 Å². The Bertz CT molecular complexity index is 822. The van der Waals surface area contributed by atoms with Crippen LogP contribution in [0, 0.1) is 5.92 Å². The van der Waals surface area contributed by atoms with Gasteiger partial charge in [-0.2, -0.15) is 4.98 Å². The number of carbonyl (C=O) groups is 1. The van der Waals surface area contributed by atoms with E-state index in [1.807, 2.05) is 25.1 Å². The number of anilines is 2. The molecule has 1 aromatic carbocycles. The summed E-state index contributed by atoms with van der Waals surface area (Å²) in [6, 6.07) is 7.33. The Balaban J connectivity index is 1.46. The third-order valence-electron chi connectivity index (χ3n) is 5.03. The van der Waals surface area contributed by atoms with Crippen molar-refractivity contribution in [3.05, 3.63) is 46.1 Å². The van der Waals surface area contributed by atoms with Gasteiger partial charge in [0.15, 0.2) is 0 Å². The molecule has 0 radical (unpaired) electrons. The molecule has 1 fully saturated rings. The summed E-state index contributed by atoms with van der Waals surface area (Å²) in [6.45, 7) is 0.640. The summed E-state index contributed by atoms with van der Waals surface area (Å²) in [5, 5.41) is 7.11. The molecule has 6 nitrogen and oxygen atoms in total. The third kappa shape index (κ3) is 5.26. The maximum absolute atomic E-state index is 12.4. The zero-order valence-corrected chi connectivity index (χ0v) is 17.6. The van der Waals surface area contributed by atoms with E-state index >= 15 is 0 Å². The van der Waals surface area contributed by atoms with Crippen molar-refractivity contribution in [3.8, 4) is 0 Å². The first-order valence-electron chi connectivity index (χ1n) is 9.43. The molecule has 0 saturated heterocycles. The van der Waals surface area contributed by atoms with Crippen LogP contribution in [0.2, 0.25) is 10.0 Å². The topological polar surface area (TPSA) is 70.2 Å². The number of carbonyl (C=O) groups excluding carboxylic acids is 1. The van der Waals surface area contributed by atoms with Gasteiger partial charge in [0.1, 0.15) is 5.82 Å². The van der Waals surface area contributed by atoms with Crippen LogP contribution in [-0.4, -0.2) is 42.6 Å². The fourth-order valence-electron chi connectivity index (χ4n) is 3.37. The molecule has 0 atom stereocenters. The fraction of sp³-hybridized carbons (Fsp3) is 0.450. The van der Waals surface area contributed by atoms with E-state index in [2.05, 4.69) is 20.6 Å². The Morgan fingerprint density at radius 3 is 2.64 bits per heavy atom. The van der Waals surface area contributed by atoms with Gasteiger partial charge >= 0.3 is 0 Å². The van der Waals surface area contributed by atoms with Crippen molar-refractivity contribution in [1.29, 1.82) is 0 Å². The SMILES string of the molecule is CN(C)c1ccnc(NC2CCC(CNC(=O)c3cccc(Cl)c3Cl)CC2)n1. The molecule has 3 rings (SSSR count). The van der Waals surface area contributed by atoms with E-state index in [9.17, 15) is 4.79 Å². The molecule has 1 heterocycles. The van der Waals surface area contributed by atoms with Gasteiger partial charge in [0, 0.05) is 32.9 Å². The Morgan fingerprint density at radius 2 is 1.93 bits per heavy atom. The average Bonchev–Trinajstić information content (AvgIpc) is 2.69. The van der Waals surface area contributed by atoms with Gasteiger partial charge in [-0.15, -0.1) is 0 Å². The monoisotopic (exact) mass is 421 g/mol. The number of halogens is 2. The molecule has 28 heavy (non-hydrogen) atoms. The van der Waals surface area contributed by atoms with Gasteiger partial charge in [-0.1, -0.05) is 29.3 Å². The molecular weight excluding hydrogens is 397 g/mol. The van der Waals surface area contributed by atoms with Gasteiger partial charge in [0.25, 0.3) is 5.91 Å². The summed E-state index contributed by atoms with van der Waals surface area (Å²) >= 11 is 12.1. The Hall–Kier alpha value is -2.05. The van der Waals surface area contributed by atoms with E-state index < -0.39 is 0 Å². The summed E-state index contributed by atoms with van der Waals surface area (Å²) in [6.07, 6.45) is 5.89. The van der Waals surface area contributed by atoms with Gasteiger partial charge in [-0.05, 0) is 49.8 Å². The molecule has 1 amide bonds. The molecule has 1 aliphatic rings. The van der Waals surface area contributed by atoms with E-state index in [-0.39, 0.29) is 5.91 Å². The van der Waals surface area contributed by atoms with Gasteiger partial charge in [-0.3, -0.25) is 4.79 Å². The average molecular weight is 422 g/mol. The van der Waals surface area contributed by atoms with Crippen LogP contribution in [0.4, 0.5) is 11.8 Å². The second kappa shape index (κ2) is 9.43. The van der Waals surface area contributed by atoms with Crippen molar-refractivity contribution in [2.75, 3.05) is 30.9 Å². The first-order chi connectivity index (χ1) is 13.4. The molecule has 0 aliphatic heterocycles. The van der Waals surface area contributed by atoms with Crippen molar-refractivity contribution >= 4 is 40.9 Å². The minimum Gasteiger partial charge on any atom is -0.363 e. The van der Waals surface area contributed by atoms with Crippen LogP contribution < -0.4 is 15.5 Å².